The van der Waals surface area contributed by atoms with Crippen molar-refractivity contribution >= 4 is 5.69 Å². The number of rotatable bonds is 2. The number of hydrogen-bond donors (Lipinski definition) is 1. The largest absolute Gasteiger partial charge is 0.367 e. The first-order valence-corrected chi connectivity index (χ1v) is 6.23. The number of piperidine rings is 1. The Labute approximate surface area is 103 Å². The van der Waals surface area contributed by atoms with Crippen LogP contribution in [0.2, 0.25) is 0 Å². The highest BCUT2D eigenvalue weighted by molar-refractivity contribution is 5.51. The molecule has 1 aliphatic rings. The van der Waals surface area contributed by atoms with Crippen LogP contribution >= 0.6 is 0 Å². The maximum Gasteiger partial charge on any atom is 0.0991 e. The lowest BCUT2D eigenvalue weighted by Crippen LogP contribution is -2.48. The van der Waals surface area contributed by atoms with E-state index in [1.807, 2.05) is 24.3 Å². The van der Waals surface area contributed by atoms with Crippen molar-refractivity contribution in [1.29, 1.82) is 5.26 Å². The molecule has 0 bridgehead atoms. The van der Waals surface area contributed by atoms with Crippen molar-refractivity contribution < 1.29 is 0 Å². The molecule has 3 nitrogen and oxygen atoms in total. The molecular formula is C14H19N3. The fraction of sp³-hybridized carbons (Fsp3) is 0.500. The van der Waals surface area contributed by atoms with Gasteiger partial charge in [0.15, 0.2) is 0 Å². The van der Waals surface area contributed by atoms with E-state index in [1.54, 1.807) is 0 Å². The standard InChI is InChI=1S/C14H19N3/c1-11-3-2-8-17(14(11)10-16)13-6-4-12(9-15)5-7-13/h4-7,11,14H,2-3,8,10,16H2,1H3. The summed E-state index contributed by atoms with van der Waals surface area (Å²) in [6, 6.07) is 10.4. The van der Waals surface area contributed by atoms with Gasteiger partial charge in [-0.1, -0.05) is 6.92 Å². The van der Waals surface area contributed by atoms with Crippen LogP contribution in [-0.4, -0.2) is 19.1 Å². The van der Waals surface area contributed by atoms with Gasteiger partial charge in [-0.05, 0) is 43.0 Å². The Hall–Kier alpha value is -1.53. The van der Waals surface area contributed by atoms with E-state index < -0.39 is 0 Å². The van der Waals surface area contributed by atoms with E-state index in [2.05, 4.69) is 17.9 Å². The molecule has 90 valence electrons. The average molecular weight is 229 g/mol. The number of nitrogens with zero attached hydrogens (tertiary/aromatic N) is 2. The summed E-state index contributed by atoms with van der Waals surface area (Å²) in [6.07, 6.45) is 2.48. The topological polar surface area (TPSA) is 53.0 Å². The van der Waals surface area contributed by atoms with Crippen LogP contribution < -0.4 is 10.6 Å². The molecule has 2 atom stereocenters. The van der Waals surface area contributed by atoms with Crippen LogP contribution in [0.25, 0.3) is 0 Å². The highest BCUT2D eigenvalue weighted by Crippen LogP contribution is 2.28. The summed E-state index contributed by atoms with van der Waals surface area (Å²) >= 11 is 0. The molecule has 3 heteroatoms. The van der Waals surface area contributed by atoms with Crippen molar-refractivity contribution in [3.05, 3.63) is 29.8 Å². The lowest BCUT2D eigenvalue weighted by Gasteiger charge is -2.41. The van der Waals surface area contributed by atoms with Gasteiger partial charge in [-0.15, -0.1) is 0 Å². The molecule has 1 aromatic rings. The van der Waals surface area contributed by atoms with Gasteiger partial charge in [0.1, 0.15) is 0 Å². The highest BCUT2D eigenvalue weighted by atomic mass is 15.2. The number of anilines is 1. The predicted octanol–water partition coefficient (Wildman–Crippen LogP) is 2.12. The van der Waals surface area contributed by atoms with E-state index in [4.69, 9.17) is 11.0 Å². The molecule has 2 rings (SSSR count). The van der Waals surface area contributed by atoms with Crippen molar-refractivity contribution in [2.24, 2.45) is 11.7 Å². The molecule has 2 N–H and O–H groups in total. The highest BCUT2D eigenvalue weighted by Gasteiger charge is 2.27. The van der Waals surface area contributed by atoms with Gasteiger partial charge in [0.25, 0.3) is 0 Å². The minimum Gasteiger partial charge on any atom is -0.367 e. The molecule has 1 aliphatic heterocycles. The Balaban J connectivity index is 2.21. The zero-order valence-corrected chi connectivity index (χ0v) is 10.3. The third-order valence-electron chi connectivity index (χ3n) is 3.69. The summed E-state index contributed by atoms with van der Waals surface area (Å²) in [6.45, 7) is 4.03. The van der Waals surface area contributed by atoms with Gasteiger partial charge in [0, 0.05) is 24.8 Å². The lowest BCUT2D eigenvalue weighted by molar-refractivity contribution is 0.350. The smallest absolute Gasteiger partial charge is 0.0991 e. The third kappa shape index (κ3) is 2.42. The second-order valence-electron chi connectivity index (χ2n) is 4.77. The van der Waals surface area contributed by atoms with Gasteiger partial charge >= 0.3 is 0 Å². The molecule has 1 saturated heterocycles. The summed E-state index contributed by atoms with van der Waals surface area (Å²) < 4.78 is 0. The minimum atomic E-state index is 0.427. The molecule has 0 amide bonds. The van der Waals surface area contributed by atoms with Crippen LogP contribution in [0.5, 0.6) is 0 Å². The van der Waals surface area contributed by atoms with Crippen LogP contribution in [0.4, 0.5) is 5.69 Å². The quantitative estimate of drug-likeness (QED) is 0.845. The van der Waals surface area contributed by atoms with Crippen LogP contribution in [-0.2, 0) is 0 Å². The SMILES string of the molecule is CC1CCCN(c2ccc(C#N)cc2)C1CN. The van der Waals surface area contributed by atoms with Crippen molar-refractivity contribution in [1.82, 2.24) is 0 Å². The Bertz CT molecular complexity index is 404. The van der Waals surface area contributed by atoms with Crippen LogP contribution in [0.3, 0.4) is 0 Å². The first-order chi connectivity index (χ1) is 8.26. The van der Waals surface area contributed by atoms with Crippen molar-refractivity contribution in [2.75, 3.05) is 18.0 Å². The Kier molecular flexibility index (Phi) is 3.65. The molecule has 1 heterocycles. The monoisotopic (exact) mass is 229 g/mol. The second-order valence-corrected chi connectivity index (χ2v) is 4.77. The molecular weight excluding hydrogens is 210 g/mol. The van der Waals surface area contributed by atoms with Crippen LogP contribution in [0, 0.1) is 17.2 Å². The minimum absolute atomic E-state index is 0.427. The Morgan fingerprint density at radius 3 is 2.71 bits per heavy atom. The zero-order chi connectivity index (χ0) is 12.3. The summed E-state index contributed by atoms with van der Waals surface area (Å²) in [7, 11) is 0. The van der Waals surface area contributed by atoms with Crippen LogP contribution in [0.15, 0.2) is 24.3 Å². The van der Waals surface area contributed by atoms with E-state index >= 15 is 0 Å². The molecule has 0 aliphatic carbocycles. The average Bonchev–Trinajstić information content (AvgIpc) is 2.38. The predicted molar refractivity (Wildman–Crippen MR) is 69.7 cm³/mol. The van der Waals surface area contributed by atoms with Crippen molar-refractivity contribution in [2.45, 2.75) is 25.8 Å². The Morgan fingerprint density at radius 2 is 2.12 bits per heavy atom. The lowest BCUT2D eigenvalue weighted by atomic mass is 9.90. The van der Waals surface area contributed by atoms with E-state index in [0.717, 1.165) is 6.54 Å². The summed E-state index contributed by atoms with van der Waals surface area (Å²) in [5.41, 5.74) is 7.78. The molecule has 0 aromatic heterocycles. The molecule has 1 fully saturated rings. The molecule has 0 radical (unpaired) electrons. The zero-order valence-electron chi connectivity index (χ0n) is 10.3. The van der Waals surface area contributed by atoms with E-state index in [0.29, 0.717) is 24.1 Å². The van der Waals surface area contributed by atoms with Gasteiger partial charge < -0.3 is 10.6 Å². The fourth-order valence-electron chi connectivity index (χ4n) is 2.66. The van der Waals surface area contributed by atoms with Gasteiger partial charge in [0.05, 0.1) is 11.6 Å². The summed E-state index contributed by atoms with van der Waals surface area (Å²) in [5, 5.41) is 8.80. The van der Waals surface area contributed by atoms with Crippen molar-refractivity contribution in [3.63, 3.8) is 0 Å². The van der Waals surface area contributed by atoms with Gasteiger partial charge in [-0.2, -0.15) is 5.26 Å². The number of nitrogens with two attached hydrogens (primary N) is 1. The summed E-state index contributed by atoms with van der Waals surface area (Å²) in [4.78, 5) is 2.38. The molecule has 0 saturated carbocycles. The van der Waals surface area contributed by atoms with Gasteiger partial charge in [-0.25, -0.2) is 0 Å². The molecule has 17 heavy (non-hydrogen) atoms. The Morgan fingerprint density at radius 1 is 1.41 bits per heavy atom. The molecule has 1 aromatic carbocycles. The van der Waals surface area contributed by atoms with Gasteiger partial charge in [-0.3, -0.25) is 0 Å². The normalized spacial score (nSPS) is 24.4. The maximum absolute atomic E-state index is 8.80. The third-order valence-corrected chi connectivity index (χ3v) is 3.69. The molecule has 0 spiro atoms. The number of benzene rings is 1. The first-order valence-electron chi connectivity index (χ1n) is 6.23. The summed E-state index contributed by atoms with van der Waals surface area (Å²) in [5.74, 6) is 0.643. The first kappa shape index (κ1) is 11.9. The maximum atomic E-state index is 8.80. The molecule has 2 unspecified atom stereocenters. The van der Waals surface area contributed by atoms with E-state index in [-0.39, 0.29) is 0 Å². The van der Waals surface area contributed by atoms with E-state index in [9.17, 15) is 0 Å². The number of hydrogen-bond acceptors (Lipinski definition) is 3. The van der Waals surface area contributed by atoms with Crippen molar-refractivity contribution in [3.8, 4) is 6.07 Å². The number of nitriles is 1. The van der Waals surface area contributed by atoms with Crippen LogP contribution in [0.1, 0.15) is 25.3 Å². The second kappa shape index (κ2) is 5.20. The van der Waals surface area contributed by atoms with Gasteiger partial charge in [0.2, 0.25) is 0 Å². The van der Waals surface area contributed by atoms with E-state index in [1.165, 1.54) is 18.5 Å². The fourth-order valence-corrected chi connectivity index (χ4v) is 2.66.